The molecule has 25 heavy (non-hydrogen) atoms. The van der Waals surface area contributed by atoms with E-state index in [0.717, 1.165) is 18.7 Å². The molecule has 1 aliphatic rings. The van der Waals surface area contributed by atoms with E-state index >= 15 is 0 Å². The van der Waals surface area contributed by atoms with Crippen LogP contribution in [-0.2, 0) is 16.1 Å². The van der Waals surface area contributed by atoms with Gasteiger partial charge in [0.05, 0.1) is 31.8 Å². The molecule has 3 rings (SSSR count). The number of nitrogens with zero attached hydrogens (tertiary/aromatic N) is 4. The first-order chi connectivity index (χ1) is 12.1. The molecule has 134 valence electrons. The van der Waals surface area contributed by atoms with Crippen LogP contribution >= 0.6 is 0 Å². The van der Waals surface area contributed by atoms with Gasteiger partial charge in [0.1, 0.15) is 0 Å². The van der Waals surface area contributed by atoms with Gasteiger partial charge in [-0.1, -0.05) is 30.3 Å². The lowest BCUT2D eigenvalue weighted by atomic mass is 10.1. The Morgan fingerprint density at radius 1 is 1.36 bits per heavy atom. The van der Waals surface area contributed by atoms with E-state index in [9.17, 15) is 4.79 Å². The first kappa shape index (κ1) is 17.6. The van der Waals surface area contributed by atoms with Crippen LogP contribution in [0.25, 0.3) is 0 Å². The molecule has 6 heteroatoms. The van der Waals surface area contributed by atoms with Crippen molar-refractivity contribution < 1.29 is 9.53 Å². The monoisotopic (exact) mass is 342 g/mol. The number of rotatable bonds is 6. The highest BCUT2D eigenvalue weighted by atomic mass is 16.5. The highest BCUT2D eigenvalue weighted by molar-refractivity contribution is 5.78. The lowest BCUT2D eigenvalue weighted by Gasteiger charge is -2.34. The summed E-state index contributed by atoms with van der Waals surface area (Å²) in [5.41, 5.74) is 1.15. The number of benzene rings is 1. The standard InChI is InChI=1S/C19H26N4O2/c1-16(17-7-4-3-5-8-17)21(2)19(24)15-22-11-12-25-18(13-22)14-23-10-6-9-20-23/h3-10,16,18H,11-15H2,1-2H3/t16-,18+/m1/s1. The number of carbonyl (C=O) groups excluding carboxylic acids is 1. The maximum Gasteiger partial charge on any atom is 0.236 e. The molecule has 0 spiro atoms. The summed E-state index contributed by atoms with van der Waals surface area (Å²) in [6, 6.07) is 12.1. The summed E-state index contributed by atoms with van der Waals surface area (Å²) in [7, 11) is 1.88. The lowest BCUT2D eigenvalue weighted by Crippen LogP contribution is -2.48. The molecular formula is C19H26N4O2. The van der Waals surface area contributed by atoms with Gasteiger partial charge in [-0.05, 0) is 18.6 Å². The van der Waals surface area contributed by atoms with Crippen molar-refractivity contribution in [2.75, 3.05) is 33.3 Å². The quantitative estimate of drug-likeness (QED) is 0.803. The molecule has 1 aliphatic heterocycles. The minimum absolute atomic E-state index is 0.0645. The van der Waals surface area contributed by atoms with E-state index in [2.05, 4.69) is 29.1 Å². The summed E-state index contributed by atoms with van der Waals surface area (Å²) in [5.74, 6) is 0.135. The number of likely N-dealkylation sites (N-methyl/N-ethyl adjacent to an activating group) is 1. The number of hydrogen-bond acceptors (Lipinski definition) is 4. The Morgan fingerprint density at radius 3 is 2.88 bits per heavy atom. The zero-order chi connectivity index (χ0) is 17.6. The van der Waals surface area contributed by atoms with Crippen molar-refractivity contribution in [1.82, 2.24) is 19.6 Å². The summed E-state index contributed by atoms with van der Waals surface area (Å²) in [6.07, 6.45) is 3.77. The molecule has 1 saturated heterocycles. The second-order valence-electron chi connectivity index (χ2n) is 6.55. The average molecular weight is 342 g/mol. The van der Waals surface area contributed by atoms with Crippen molar-refractivity contribution in [3.63, 3.8) is 0 Å². The Labute approximate surface area is 149 Å². The Morgan fingerprint density at radius 2 is 2.16 bits per heavy atom. The third kappa shape index (κ3) is 4.67. The molecule has 0 radical (unpaired) electrons. The summed E-state index contributed by atoms with van der Waals surface area (Å²) in [6.45, 7) is 5.39. The zero-order valence-corrected chi connectivity index (χ0v) is 14.9. The van der Waals surface area contributed by atoms with Crippen LogP contribution in [0.1, 0.15) is 18.5 Å². The fourth-order valence-electron chi connectivity index (χ4n) is 3.13. The molecule has 2 atom stereocenters. The van der Waals surface area contributed by atoms with Crippen LogP contribution in [0.15, 0.2) is 48.8 Å². The van der Waals surface area contributed by atoms with Crippen molar-refractivity contribution in [1.29, 1.82) is 0 Å². The second-order valence-corrected chi connectivity index (χ2v) is 6.55. The molecule has 0 unspecified atom stereocenters. The predicted octanol–water partition coefficient (Wildman–Crippen LogP) is 1.80. The fourth-order valence-corrected chi connectivity index (χ4v) is 3.13. The smallest absolute Gasteiger partial charge is 0.236 e. The lowest BCUT2D eigenvalue weighted by molar-refractivity contribution is -0.135. The van der Waals surface area contributed by atoms with Gasteiger partial charge in [-0.3, -0.25) is 14.4 Å². The van der Waals surface area contributed by atoms with Crippen LogP contribution in [0.4, 0.5) is 0 Å². The van der Waals surface area contributed by atoms with E-state index in [0.29, 0.717) is 19.7 Å². The molecule has 2 heterocycles. The topological polar surface area (TPSA) is 50.6 Å². The minimum Gasteiger partial charge on any atom is -0.374 e. The molecule has 0 aliphatic carbocycles. The third-order valence-corrected chi connectivity index (χ3v) is 4.79. The van der Waals surface area contributed by atoms with E-state index < -0.39 is 0 Å². The van der Waals surface area contributed by atoms with Gasteiger partial charge in [-0.25, -0.2) is 0 Å². The highest BCUT2D eigenvalue weighted by Crippen LogP contribution is 2.18. The first-order valence-electron chi connectivity index (χ1n) is 8.75. The van der Waals surface area contributed by atoms with Crippen LogP contribution in [0.5, 0.6) is 0 Å². The summed E-state index contributed by atoms with van der Waals surface area (Å²) in [5, 5.41) is 4.22. The van der Waals surface area contributed by atoms with E-state index in [-0.39, 0.29) is 18.1 Å². The fraction of sp³-hybridized carbons (Fsp3) is 0.474. The molecule has 1 aromatic carbocycles. The van der Waals surface area contributed by atoms with Crippen LogP contribution in [0, 0.1) is 0 Å². The maximum absolute atomic E-state index is 12.7. The van der Waals surface area contributed by atoms with Crippen molar-refractivity contribution in [3.8, 4) is 0 Å². The molecule has 1 amide bonds. The largest absolute Gasteiger partial charge is 0.374 e. The van der Waals surface area contributed by atoms with Crippen molar-refractivity contribution >= 4 is 5.91 Å². The molecule has 1 fully saturated rings. The van der Waals surface area contributed by atoms with Gasteiger partial charge in [0.15, 0.2) is 0 Å². The van der Waals surface area contributed by atoms with Gasteiger partial charge in [0, 0.05) is 32.5 Å². The Hall–Kier alpha value is -2.18. The second kappa shape index (κ2) is 8.27. The van der Waals surface area contributed by atoms with Crippen LogP contribution in [0.3, 0.4) is 0 Å². The number of aromatic nitrogens is 2. The molecule has 2 aromatic rings. The Balaban J connectivity index is 1.53. The number of hydrogen-bond donors (Lipinski definition) is 0. The predicted molar refractivity (Wildman–Crippen MR) is 96.0 cm³/mol. The maximum atomic E-state index is 12.7. The SMILES string of the molecule is C[C@H](c1ccccc1)N(C)C(=O)CN1CCO[C@H](Cn2cccn2)C1. The molecule has 0 bridgehead atoms. The summed E-state index contributed by atoms with van der Waals surface area (Å²) >= 11 is 0. The Kier molecular flexibility index (Phi) is 5.83. The van der Waals surface area contributed by atoms with Crippen LogP contribution < -0.4 is 0 Å². The molecule has 6 nitrogen and oxygen atoms in total. The van der Waals surface area contributed by atoms with Crippen molar-refractivity contribution in [3.05, 3.63) is 54.4 Å². The molecule has 0 N–H and O–H groups in total. The van der Waals surface area contributed by atoms with Gasteiger partial charge >= 0.3 is 0 Å². The van der Waals surface area contributed by atoms with Gasteiger partial charge in [-0.15, -0.1) is 0 Å². The van der Waals surface area contributed by atoms with E-state index in [1.54, 1.807) is 6.20 Å². The van der Waals surface area contributed by atoms with E-state index in [4.69, 9.17) is 4.74 Å². The Bertz CT molecular complexity index is 659. The third-order valence-electron chi connectivity index (χ3n) is 4.79. The minimum atomic E-state index is 0.0645. The highest BCUT2D eigenvalue weighted by Gasteiger charge is 2.25. The van der Waals surface area contributed by atoms with Gasteiger partial charge in [0.25, 0.3) is 0 Å². The van der Waals surface area contributed by atoms with Gasteiger partial charge in [-0.2, -0.15) is 5.10 Å². The summed E-state index contributed by atoms with van der Waals surface area (Å²) in [4.78, 5) is 16.7. The number of ether oxygens (including phenoxy) is 1. The zero-order valence-electron chi connectivity index (χ0n) is 14.9. The number of morpholine rings is 1. The number of carbonyl (C=O) groups is 1. The van der Waals surface area contributed by atoms with E-state index in [1.807, 2.05) is 47.1 Å². The van der Waals surface area contributed by atoms with Gasteiger partial charge in [0.2, 0.25) is 5.91 Å². The van der Waals surface area contributed by atoms with E-state index in [1.165, 1.54) is 0 Å². The first-order valence-corrected chi connectivity index (χ1v) is 8.75. The summed E-state index contributed by atoms with van der Waals surface area (Å²) < 4.78 is 7.69. The van der Waals surface area contributed by atoms with Crippen molar-refractivity contribution in [2.24, 2.45) is 0 Å². The van der Waals surface area contributed by atoms with Gasteiger partial charge < -0.3 is 9.64 Å². The number of amides is 1. The molecular weight excluding hydrogens is 316 g/mol. The van der Waals surface area contributed by atoms with Crippen LogP contribution in [0.2, 0.25) is 0 Å². The van der Waals surface area contributed by atoms with Crippen LogP contribution in [-0.4, -0.2) is 64.9 Å². The normalized spacial score (nSPS) is 19.5. The molecule has 0 saturated carbocycles. The molecule has 1 aromatic heterocycles. The average Bonchev–Trinajstić information content (AvgIpc) is 3.14. The van der Waals surface area contributed by atoms with Crippen molar-refractivity contribution in [2.45, 2.75) is 25.6 Å².